The molecule has 32 heavy (non-hydrogen) atoms. The molecule has 1 aromatic carbocycles. The Bertz CT molecular complexity index is 1030. The summed E-state index contributed by atoms with van der Waals surface area (Å²) in [5.74, 6) is -0.430. The number of fused-ring (bicyclic) bond motifs is 1. The fourth-order valence-corrected chi connectivity index (χ4v) is 5.77. The summed E-state index contributed by atoms with van der Waals surface area (Å²) in [5.41, 5.74) is 1.69. The standard InChI is InChI=1S/C24H27N3O4S/c1-16(20-8-4-14-32-20)27-23(29)18-6-2-7-19(21(18)24(27)30)26-9-3-5-17(15-26)22(28)25-10-12-31-13-11-25/h2,4,6-8,14,16-17H,3,5,9-13,15H2,1H3/t16-,17+/m1/s1. The third-order valence-electron chi connectivity index (χ3n) is 6.70. The number of anilines is 1. The first-order chi connectivity index (χ1) is 15.6. The Kier molecular flexibility index (Phi) is 5.73. The molecule has 3 aliphatic heterocycles. The zero-order chi connectivity index (χ0) is 22.2. The van der Waals surface area contributed by atoms with Gasteiger partial charge in [0.25, 0.3) is 11.8 Å². The van der Waals surface area contributed by atoms with Crippen molar-refractivity contribution in [3.05, 3.63) is 51.7 Å². The van der Waals surface area contributed by atoms with Crippen molar-refractivity contribution in [3.8, 4) is 0 Å². The lowest BCUT2D eigenvalue weighted by Crippen LogP contribution is -2.48. The van der Waals surface area contributed by atoms with Crippen molar-refractivity contribution in [2.24, 2.45) is 5.92 Å². The normalized spacial score (nSPS) is 22.3. The van der Waals surface area contributed by atoms with E-state index in [0.717, 1.165) is 30.0 Å². The van der Waals surface area contributed by atoms with Gasteiger partial charge in [-0.15, -0.1) is 11.3 Å². The zero-order valence-corrected chi connectivity index (χ0v) is 19.0. The number of ether oxygens (including phenoxy) is 1. The highest BCUT2D eigenvalue weighted by Gasteiger charge is 2.42. The van der Waals surface area contributed by atoms with Crippen LogP contribution in [0.2, 0.25) is 0 Å². The lowest BCUT2D eigenvalue weighted by Gasteiger charge is -2.37. The van der Waals surface area contributed by atoms with Gasteiger partial charge >= 0.3 is 0 Å². The SMILES string of the molecule is C[C@H](c1cccs1)N1C(=O)c2cccc(N3CCC[C@H](C(=O)N4CCOCC4)C3)c2C1=O. The van der Waals surface area contributed by atoms with Crippen LogP contribution in [-0.2, 0) is 9.53 Å². The average Bonchev–Trinajstić information content (AvgIpc) is 3.46. The zero-order valence-electron chi connectivity index (χ0n) is 18.2. The molecule has 0 saturated carbocycles. The number of thiophene rings is 1. The van der Waals surface area contributed by atoms with Crippen LogP contribution in [0.25, 0.3) is 0 Å². The summed E-state index contributed by atoms with van der Waals surface area (Å²) in [7, 11) is 0. The molecule has 168 valence electrons. The molecule has 7 nitrogen and oxygen atoms in total. The lowest BCUT2D eigenvalue weighted by atomic mass is 9.94. The summed E-state index contributed by atoms with van der Waals surface area (Å²) in [5, 5.41) is 1.95. The van der Waals surface area contributed by atoms with E-state index in [9.17, 15) is 14.4 Å². The molecule has 2 saturated heterocycles. The minimum Gasteiger partial charge on any atom is -0.378 e. The molecule has 3 aliphatic rings. The number of amides is 3. The fourth-order valence-electron chi connectivity index (χ4n) is 5.00. The lowest BCUT2D eigenvalue weighted by molar-refractivity contribution is -0.139. The van der Waals surface area contributed by atoms with Crippen LogP contribution in [0.4, 0.5) is 5.69 Å². The molecule has 0 spiro atoms. The highest BCUT2D eigenvalue weighted by molar-refractivity contribution is 7.10. The largest absolute Gasteiger partial charge is 0.378 e. The average molecular weight is 454 g/mol. The van der Waals surface area contributed by atoms with Crippen LogP contribution >= 0.6 is 11.3 Å². The first-order valence-corrected chi connectivity index (χ1v) is 12.1. The Balaban J connectivity index is 1.40. The topological polar surface area (TPSA) is 70.2 Å². The van der Waals surface area contributed by atoms with E-state index in [-0.39, 0.29) is 29.7 Å². The van der Waals surface area contributed by atoms with Crippen molar-refractivity contribution in [1.82, 2.24) is 9.80 Å². The first-order valence-electron chi connectivity index (χ1n) is 11.2. The Labute approximate surface area is 191 Å². The van der Waals surface area contributed by atoms with Crippen LogP contribution in [0.15, 0.2) is 35.7 Å². The molecule has 0 aliphatic carbocycles. The summed E-state index contributed by atoms with van der Waals surface area (Å²) < 4.78 is 5.38. The number of hydrogen-bond donors (Lipinski definition) is 0. The van der Waals surface area contributed by atoms with Crippen LogP contribution in [0.3, 0.4) is 0 Å². The molecule has 0 radical (unpaired) electrons. The van der Waals surface area contributed by atoms with Gasteiger partial charge in [-0.05, 0) is 43.3 Å². The van der Waals surface area contributed by atoms with Gasteiger partial charge in [0.05, 0.1) is 42.0 Å². The molecule has 3 amide bonds. The molecule has 5 rings (SSSR count). The van der Waals surface area contributed by atoms with Crippen LogP contribution < -0.4 is 4.90 Å². The van der Waals surface area contributed by atoms with Gasteiger partial charge < -0.3 is 14.5 Å². The number of piperidine rings is 1. The number of carbonyl (C=O) groups is 3. The maximum atomic E-state index is 13.5. The van der Waals surface area contributed by atoms with Crippen molar-refractivity contribution < 1.29 is 19.1 Å². The predicted octanol–water partition coefficient (Wildman–Crippen LogP) is 3.18. The van der Waals surface area contributed by atoms with Crippen molar-refractivity contribution in [2.45, 2.75) is 25.8 Å². The Morgan fingerprint density at radius 1 is 1.09 bits per heavy atom. The van der Waals surface area contributed by atoms with Gasteiger partial charge in [-0.2, -0.15) is 0 Å². The predicted molar refractivity (Wildman–Crippen MR) is 122 cm³/mol. The van der Waals surface area contributed by atoms with Gasteiger partial charge in [0.1, 0.15) is 0 Å². The van der Waals surface area contributed by atoms with Gasteiger partial charge in [0.15, 0.2) is 0 Å². The van der Waals surface area contributed by atoms with Crippen LogP contribution in [-0.4, -0.2) is 66.9 Å². The van der Waals surface area contributed by atoms with E-state index in [4.69, 9.17) is 4.74 Å². The number of nitrogens with zero attached hydrogens (tertiary/aromatic N) is 3. The van der Waals surface area contributed by atoms with E-state index in [1.54, 1.807) is 17.4 Å². The van der Waals surface area contributed by atoms with Crippen molar-refractivity contribution >= 4 is 34.7 Å². The summed E-state index contributed by atoms with van der Waals surface area (Å²) in [6.45, 7) is 5.68. The molecule has 0 bridgehead atoms. The van der Waals surface area contributed by atoms with Crippen molar-refractivity contribution in [1.29, 1.82) is 0 Å². The number of rotatable bonds is 4. The molecule has 2 fully saturated rings. The Morgan fingerprint density at radius 3 is 2.66 bits per heavy atom. The van der Waals surface area contributed by atoms with Gasteiger partial charge in [0, 0.05) is 31.1 Å². The fraction of sp³-hybridized carbons (Fsp3) is 0.458. The van der Waals surface area contributed by atoms with E-state index in [2.05, 4.69) is 4.90 Å². The minimum atomic E-state index is -0.313. The van der Waals surface area contributed by atoms with E-state index in [1.807, 2.05) is 41.5 Å². The summed E-state index contributed by atoms with van der Waals surface area (Å²) in [4.78, 5) is 46.1. The third kappa shape index (κ3) is 3.61. The third-order valence-corrected chi connectivity index (χ3v) is 7.74. The van der Waals surface area contributed by atoms with E-state index >= 15 is 0 Å². The summed E-state index contributed by atoms with van der Waals surface area (Å²) in [6.07, 6.45) is 1.72. The van der Waals surface area contributed by atoms with Crippen LogP contribution in [0.5, 0.6) is 0 Å². The summed E-state index contributed by atoms with van der Waals surface area (Å²) >= 11 is 1.54. The second kappa shape index (κ2) is 8.67. The monoisotopic (exact) mass is 453 g/mol. The van der Waals surface area contributed by atoms with Gasteiger partial charge in [-0.3, -0.25) is 19.3 Å². The number of hydrogen-bond acceptors (Lipinski definition) is 6. The molecule has 4 heterocycles. The molecule has 0 unspecified atom stereocenters. The minimum absolute atomic E-state index is 0.106. The number of carbonyl (C=O) groups excluding carboxylic acids is 3. The molecule has 1 aromatic heterocycles. The van der Waals surface area contributed by atoms with Crippen molar-refractivity contribution in [2.75, 3.05) is 44.3 Å². The second-order valence-electron chi connectivity index (χ2n) is 8.59. The highest BCUT2D eigenvalue weighted by atomic mass is 32.1. The van der Waals surface area contributed by atoms with Crippen molar-refractivity contribution in [3.63, 3.8) is 0 Å². The first kappa shape index (κ1) is 21.2. The molecule has 0 N–H and O–H groups in total. The van der Waals surface area contributed by atoms with Gasteiger partial charge in [-0.25, -0.2) is 0 Å². The molecule has 2 atom stereocenters. The van der Waals surface area contributed by atoms with E-state index < -0.39 is 0 Å². The smallest absolute Gasteiger partial charge is 0.264 e. The molecule has 8 heteroatoms. The second-order valence-corrected chi connectivity index (χ2v) is 9.57. The molecule has 2 aromatic rings. The number of morpholine rings is 1. The molecular formula is C24H27N3O4S. The van der Waals surface area contributed by atoms with Crippen LogP contribution in [0.1, 0.15) is 51.4 Å². The number of benzene rings is 1. The number of imide groups is 1. The molecular weight excluding hydrogens is 426 g/mol. The maximum Gasteiger partial charge on any atom is 0.264 e. The Hall–Kier alpha value is -2.71. The maximum absolute atomic E-state index is 13.5. The van der Waals surface area contributed by atoms with Gasteiger partial charge in [-0.1, -0.05) is 12.1 Å². The van der Waals surface area contributed by atoms with E-state index in [1.165, 1.54) is 4.90 Å². The van der Waals surface area contributed by atoms with Gasteiger partial charge in [0.2, 0.25) is 5.91 Å². The summed E-state index contributed by atoms with van der Waals surface area (Å²) in [6, 6.07) is 9.05. The van der Waals surface area contributed by atoms with E-state index in [0.29, 0.717) is 44.0 Å². The Morgan fingerprint density at radius 2 is 1.91 bits per heavy atom. The van der Waals surface area contributed by atoms with Crippen LogP contribution in [0, 0.1) is 5.92 Å². The quantitative estimate of drug-likeness (QED) is 0.665. The highest BCUT2D eigenvalue weighted by Crippen LogP contribution is 2.38.